The fourth-order valence-electron chi connectivity index (χ4n) is 1.06. The van der Waals surface area contributed by atoms with Crippen LogP contribution in [0.3, 0.4) is 0 Å². The summed E-state index contributed by atoms with van der Waals surface area (Å²) in [5, 5.41) is 0. The summed E-state index contributed by atoms with van der Waals surface area (Å²) in [6.07, 6.45) is 7.75. The predicted octanol–water partition coefficient (Wildman–Crippen LogP) is 1.81. The van der Waals surface area contributed by atoms with Crippen molar-refractivity contribution in [3.05, 3.63) is 23.3 Å². The molecular weight excluding hydrogens is 118 g/mol. The van der Waals surface area contributed by atoms with Gasteiger partial charge in [0.15, 0.2) is 0 Å². The summed E-state index contributed by atoms with van der Waals surface area (Å²) in [4.78, 5) is 0. The summed E-state index contributed by atoms with van der Waals surface area (Å²) in [5.74, 6) is 0. The van der Waals surface area contributed by atoms with Crippen molar-refractivity contribution in [2.45, 2.75) is 25.5 Å². The smallest absolute Gasteiger partial charge is 0.0712 e. The third kappa shape index (κ3) is 1.79. The van der Waals surface area contributed by atoms with Crippen LogP contribution in [0.2, 0.25) is 12.6 Å². The van der Waals surface area contributed by atoms with Gasteiger partial charge in [0.25, 0.3) is 0 Å². The highest BCUT2D eigenvalue weighted by Gasteiger charge is 2.01. The number of allylic oxidation sites excluding steroid dienone is 4. The van der Waals surface area contributed by atoms with Crippen LogP contribution in [0.25, 0.3) is 0 Å². The van der Waals surface area contributed by atoms with Crippen LogP contribution in [0.15, 0.2) is 23.3 Å². The molecule has 10 heavy (non-hydrogen) atoms. The van der Waals surface area contributed by atoms with Gasteiger partial charge in [-0.25, -0.2) is 0 Å². The van der Waals surface area contributed by atoms with Gasteiger partial charge in [0, 0.05) is 0 Å². The zero-order valence-corrected chi connectivity index (χ0v) is 6.14. The van der Waals surface area contributed by atoms with Crippen LogP contribution in [0.1, 0.15) is 12.8 Å². The van der Waals surface area contributed by atoms with E-state index in [4.69, 9.17) is 15.7 Å². The molecule has 0 saturated heterocycles. The fraction of sp³-hybridized carbons (Fsp3) is 0.500. The normalized spacial score (nSPS) is 18.0. The first-order chi connectivity index (χ1) is 4.86. The molecule has 4 radical (unpaired) electrons. The average molecular weight is 128 g/mol. The van der Waals surface area contributed by atoms with Crippen molar-refractivity contribution >= 4 is 15.7 Å². The molecular formula is C8H10B2. The lowest BCUT2D eigenvalue weighted by Crippen LogP contribution is -1.92. The topological polar surface area (TPSA) is 0 Å². The van der Waals surface area contributed by atoms with Crippen LogP contribution in [0.5, 0.6) is 0 Å². The largest absolute Gasteiger partial charge is 0.0785 e. The molecule has 0 bridgehead atoms. The van der Waals surface area contributed by atoms with E-state index < -0.39 is 0 Å². The summed E-state index contributed by atoms with van der Waals surface area (Å²) in [5.41, 5.74) is 2.66. The van der Waals surface area contributed by atoms with Crippen molar-refractivity contribution in [2.24, 2.45) is 0 Å². The molecule has 48 valence electrons. The van der Waals surface area contributed by atoms with Gasteiger partial charge in [0.2, 0.25) is 0 Å². The Morgan fingerprint density at radius 1 is 1.00 bits per heavy atom. The van der Waals surface area contributed by atoms with E-state index in [1.165, 1.54) is 11.1 Å². The maximum absolute atomic E-state index is 5.46. The lowest BCUT2D eigenvalue weighted by atomic mass is 9.84. The number of rotatable bonds is 2. The van der Waals surface area contributed by atoms with Crippen LogP contribution >= 0.6 is 0 Å². The summed E-state index contributed by atoms with van der Waals surface area (Å²) in [6, 6.07) is 0. The SMILES string of the molecule is [B]CC1=CC=C(C[B])CC1. The van der Waals surface area contributed by atoms with Crippen LogP contribution in [-0.4, -0.2) is 15.7 Å². The molecule has 0 spiro atoms. The monoisotopic (exact) mass is 128 g/mol. The molecule has 0 unspecified atom stereocenters. The molecule has 1 aliphatic carbocycles. The van der Waals surface area contributed by atoms with Gasteiger partial charge in [-0.3, -0.25) is 0 Å². The quantitative estimate of drug-likeness (QED) is 0.497. The van der Waals surface area contributed by atoms with Gasteiger partial charge in [-0.15, -0.1) is 0 Å². The third-order valence-corrected chi connectivity index (χ3v) is 1.85. The second-order valence-corrected chi connectivity index (χ2v) is 2.56. The average Bonchev–Trinajstić information content (AvgIpc) is 2.05. The molecule has 0 saturated carbocycles. The second kappa shape index (κ2) is 3.70. The van der Waals surface area contributed by atoms with E-state index in [0.717, 1.165) is 12.8 Å². The molecule has 0 aromatic rings. The molecule has 0 aliphatic heterocycles. The zero-order chi connectivity index (χ0) is 7.40. The summed E-state index contributed by atoms with van der Waals surface area (Å²) < 4.78 is 0. The Bertz CT molecular complexity index is 148. The molecule has 0 N–H and O–H groups in total. The van der Waals surface area contributed by atoms with Gasteiger partial charge in [0.05, 0.1) is 15.7 Å². The highest BCUT2D eigenvalue weighted by atomic mass is 14.0. The lowest BCUT2D eigenvalue weighted by Gasteiger charge is -2.11. The van der Waals surface area contributed by atoms with Crippen LogP contribution in [-0.2, 0) is 0 Å². The zero-order valence-electron chi connectivity index (χ0n) is 6.14. The fourth-order valence-corrected chi connectivity index (χ4v) is 1.06. The molecule has 0 atom stereocenters. The van der Waals surface area contributed by atoms with Crippen molar-refractivity contribution in [2.75, 3.05) is 0 Å². The maximum Gasteiger partial charge on any atom is 0.0712 e. The van der Waals surface area contributed by atoms with E-state index in [1.54, 1.807) is 0 Å². The number of hydrogen-bond donors (Lipinski definition) is 0. The predicted molar refractivity (Wildman–Crippen MR) is 46.5 cm³/mol. The molecule has 1 rings (SSSR count). The maximum atomic E-state index is 5.46. The molecule has 1 aliphatic rings. The van der Waals surface area contributed by atoms with E-state index >= 15 is 0 Å². The highest BCUT2D eigenvalue weighted by Crippen LogP contribution is 2.21. The Hall–Kier alpha value is -0.390. The standard InChI is InChI=1S/C8H10B2/c9-5-7-1-2-8(6-10)4-3-7/h1-2H,3-6H2. The molecule has 0 aromatic carbocycles. The molecule has 2 heteroatoms. The minimum Gasteiger partial charge on any atom is -0.0785 e. The van der Waals surface area contributed by atoms with E-state index in [1.807, 2.05) is 0 Å². The first kappa shape index (κ1) is 7.71. The molecule has 0 heterocycles. The van der Waals surface area contributed by atoms with Crippen LogP contribution in [0, 0.1) is 0 Å². The lowest BCUT2D eigenvalue weighted by molar-refractivity contribution is 0.904. The van der Waals surface area contributed by atoms with E-state index in [2.05, 4.69) is 12.2 Å². The second-order valence-electron chi connectivity index (χ2n) is 2.56. The Morgan fingerprint density at radius 3 is 1.60 bits per heavy atom. The Balaban J connectivity index is 2.55. The van der Waals surface area contributed by atoms with Gasteiger partial charge in [-0.05, 0) is 12.8 Å². The van der Waals surface area contributed by atoms with Gasteiger partial charge in [-0.2, -0.15) is 0 Å². The van der Waals surface area contributed by atoms with Crippen molar-refractivity contribution in [3.63, 3.8) is 0 Å². The van der Waals surface area contributed by atoms with Gasteiger partial charge < -0.3 is 0 Å². The van der Waals surface area contributed by atoms with E-state index in [0.29, 0.717) is 12.6 Å². The minimum absolute atomic E-state index is 0.689. The minimum atomic E-state index is 0.689. The van der Waals surface area contributed by atoms with Gasteiger partial charge in [0.1, 0.15) is 0 Å². The van der Waals surface area contributed by atoms with Crippen molar-refractivity contribution in [1.82, 2.24) is 0 Å². The summed E-state index contributed by atoms with van der Waals surface area (Å²) in [7, 11) is 10.9. The molecule has 0 nitrogen and oxygen atoms in total. The van der Waals surface area contributed by atoms with Crippen molar-refractivity contribution in [1.29, 1.82) is 0 Å². The summed E-state index contributed by atoms with van der Waals surface area (Å²) >= 11 is 0. The number of hydrogen-bond acceptors (Lipinski definition) is 0. The Morgan fingerprint density at radius 2 is 1.40 bits per heavy atom. The van der Waals surface area contributed by atoms with Crippen LogP contribution in [0.4, 0.5) is 0 Å². The highest BCUT2D eigenvalue weighted by molar-refractivity contribution is 6.10. The third-order valence-electron chi connectivity index (χ3n) is 1.85. The van der Waals surface area contributed by atoms with E-state index in [9.17, 15) is 0 Å². The molecule has 0 fully saturated rings. The van der Waals surface area contributed by atoms with Crippen molar-refractivity contribution < 1.29 is 0 Å². The van der Waals surface area contributed by atoms with Crippen LogP contribution < -0.4 is 0 Å². The summed E-state index contributed by atoms with van der Waals surface area (Å²) in [6.45, 7) is 0. The first-order valence-corrected chi connectivity index (χ1v) is 3.64. The first-order valence-electron chi connectivity index (χ1n) is 3.64. The van der Waals surface area contributed by atoms with Gasteiger partial charge >= 0.3 is 0 Å². The van der Waals surface area contributed by atoms with E-state index in [-0.39, 0.29) is 0 Å². The Kier molecular flexibility index (Phi) is 2.85. The van der Waals surface area contributed by atoms with Gasteiger partial charge in [-0.1, -0.05) is 35.9 Å². The molecule has 0 amide bonds. The molecule has 0 aromatic heterocycles. The Labute approximate surface area is 65.2 Å². The van der Waals surface area contributed by atoms with Crippen molar-refractivity contribution in [3.8, 4) is 0 Å².